The monoisotopic (exact) mass is 866 g/mol. The van der Waals surface area contributed by atoms with Gasteiger partial charge in [-0.2, -0.15) is 105 Å². The molecule has 0 aromatic carbocycles. The zero-order valence-corrected chi connectivity index (χ0v) is 24.1. The van der Waals surface area contributed by atoms with Crippen LogP contribution in [0.15, 0.2) is 0 Å². The van der Waals surface area contributed by atoms with E-state index in [0.29, 0.717) is 0 Å². The van der Waals surface area contributed by atoms with Crippen LogP contribution in [0.5, 0.6) is 0 Å². The van der Waals surface area contributed by atoms with E-state index >= 15 is 0 Å². The second-order valence-corrected chi connectivity index (χ2v) is 12.1. The molecule has 0 saturated heterocycles. The summed E-state index contributed by atoms with van der Waals surface area (Å²) in [6.07, 6.45) is -8.56. The number of ether oxygens (including phenoxy) is 1. The molecule has 51 heavy (non-hydrogen) atoms. The van der Waals surface area contributed by atoms with Crippen LogP contribution in [0.1, 0.15) is 12.8 Å². The summed E-state index contributed by atoms with van der Waals surface area (Å²) < 4.78 is 392. The molecule has 2 saturated carbocycles. The summed E-state index contributed by atoms with van der Waals surface area (Å²) in [6, 6.07) is 0. The summed E-state index contributed by atoms with van der Waals surface area (Å²) in [5.74, 6) is -92.5. The first kappa shape index (κ1) is 45.7. The van der Waals surface area contributed by atoms with Gasteiger partial charge >= 0.3 is 71.1 Å². The summed E-state index contributed by atoms with van der Waals surface area (Å²) in [7, 11) is 0. The van der Waals surface area contributed by atoms with Crippen LogP contribution in [0.4, 0.5) is 123 Å². The Kier molecular flexibility index (Phi) is 9.95. The first-order chi connectivity index (χ1) is 21.6. The molecule has 4 unspecified atom stereocenters. The Morgan fingerprint density at radius 1 is 0.392 bits per heavy atom. The second-order valence-electron chi connectivity index (χ2n) is 11.0. The average molecular weight is 867 g/mol. The third-order valence-corrected chi connectivity index (χ3v) is 8.77. The van der Waals surface area contributed by atoms with E-state index in [9.17, 15) is 123 Å². The standard InChI is InChI=1S/C20H8Cl2F28O/c21-11(33)5(23,1-7(25,26)15(11,39)40)13(35,36)19(47,48)17(43,44)9(29,30)3-51-4-10(31,32)18(45,46)20(49,50)14(37,38)6(24)2-8(27,28)16(41,42)12(6,22)34/h1-4H2. The Labute approximate surface area is 270 Å². The fraction of sp³-hybridized carbons (Fsp3) is 1.00. The van der Waals surface area contributed by atoms with Crippen molar-refractivity contribution in [3.8, 4) is 0 Å². The Balaban J connectivity index is 2.45. The first-order valence-electron chi connectivity index (χ1n) is 11.9. The molecule has 2 fully saturated rings. The smallest absolute Gasteiger partial charge is 0.368 e. The Bertz CT molecular complexity index is 1260. The van der Waals surface area contributed by atoms with Gasteiger partial charge in [-0.15, -0.1) is 0 Å². The number of halogens is 30. The highest BCUT2D eigenvalue weighted by molar-refractivity contribution is 6.25. The van der Waals surface area contributed by atoms with E-state index in [1.54, 1.807) is 0 Å². The minimum absolute atomic E-state index is 2.58. The quantitative estimate of drug-likeness (QED) is 0.140. The van der Waals surface area contributed by atoms with Gasteiger partial charge in [0.1, 0.15) is 13.2 Å². The fourth-order valence-corrected chi connectivity index (χ4v) is 5.12. The molecule has 0 bridgehead atoms. The molecule has 0 N–H and O–H groups in total. The Morgan fingerprint density at radius 2 is 0.608 bits per heavy atom. The highest BCUT2D eigenvalue weighted by Gasteiger charge is 2.99. The number of rotatable bonds is 12. The lowest BCUT2D eigenvalue weighted by atomic mass is 9.84. The lowest BCUT2D eigenvalue weighted by Gasteiger charge is -2.43. The van der Waals surface area contributed by atoms with Crippen LogP contribution in [-0.2, 0) is 4.74 Å². The molecule has 2 rings (SSSR count). The molecule has 0 aromatic heterocycles. The van der Waals surface area contributed by atoms with Crippen molar-refractivity contribution in [1.29, 1.82) is 0 Å². The third kappa shape index (κ3) is 5.04. The van der Waals surface area contributed by atoms with Gasteiger partial charge < -0.3 is 4.74 Å². The largest absolute Gasteiger partial charge is 0.381 e. The Morgan fingerprint density at radius 3 is 0.784 bits per heavy atom. The summed E-state index contributed by atoms with van der Waals surface area (Å²) in [5.41, 5.74) is -14.4. The van der Waals surface area contributed by atoms with Crippen LogP contribution in [-0.4, -0.2) is 106 Å². The molecule has 2 aliphatic rings. The number of hydrogen-bond donors (Lipinski definition) is 0. The van der Waals surface area contributed by atoms with Gasteiger partial charge in [-0.3, -0.25) is 0 Å². The van der Waals surface area contributed by atoms with Gasteiger partial charge in [0.25, 0.3) is 10.3 Å². The van der Waals surface area contributed by atoms with Crippen LogP contribution in [0.3, 0.4) is 0 Å². The fourth-order valence-electron chi connectivity index (χ4n) is 4.47. The minimum Gasteiger partial charge on any atom is -0.368 e. The molecule has 1 nitrogen and oxygen atoms in total. The number of hydrogen-bond acceptors (Lipinski definition) is 1. The van der Waals surface area contributed by atoms with Gasteiger partial charge in [-0.05, 0) is 0 Å². The van der Waals surface area contributed by atoms with E-state index in [1.165, 1.54) is 0 Å². The maximum atomic E-state index is 14.5. The van der Waals surface area contributed by atoms with E-state index in [-0.39, 0.29) is 0 Å². The predicted octanol–water partition coefficient (Wildman–Crippen LogP) is 10.7. The molecule has 0 aliphatic heterocycles. The molecule has 4 atom stereocenters. The lowest BCUT2D eigenvalue weighted by Crippen LogP contribution is -2.72. The van der Waals surface area contributed by atoms with Crippen LogP contribution in [0.25, 0.3) is 0 Å². The predicted molar refractivity (Wildman–Crippen MR) is 106 cm³/mol. The third-order valence-electron chi connectivity index (χ3n) is 7.69. The molecule has 0 amide bonds. The van der Waals surface area contributed by atoms with Crippen LogP contribution < -0.4 is 0 Å². The average Bonchev–Trinajstić information content (AvgIpc) is 3.07. The molecule has 0 radical (unpaired) electrons. The molecular weight excluding hydrogens is 859 g/mol. The van der Waals surface area contributed by atoms with Crippen molar-refractivity contribution < 1.29 is 128 Å². The normalized spacial score (nSPS) is 33.5. The van der Waals surface area contributed by atoms with Crippen molar-refractivity contribution in [2.75, 3.05) is 13.2 Å². The van der Waals surface area contributed by atoms with Crippen LogP contribution in [0.2, 0.25) is 0 Å². The van der Waals surface area contributed by atoms with Crippen molar-refractivity contribution >= 4 is 23.2 Å². The van der Waals surface area contributed by atoms with Gasteiger partial charge in [0.05, 0.1) is 12.8 Å². The van der Waals surface area contributed by atoms with Crippen molar-refractivity contribution in [2.24, 2.45) is 0 Å². The summed E-state index contributed by atoms with van der Waals surface area (Å²) >= 11 is 7.82. The lowest BCUT2D eigenvalue weighted by molar-refractivity contribution is -0.406. The minimum atomic E-state index is -8.52. The van der Waals surface area contributed by atoms with E-state index < -0.39 is 119 Å². The van der Waals surface area contributed by atoms with E-state index in [4.69, 9.17) is 0 Å². The molecule has 304 valence electrons. The topological polar surface area (TPSA) is 9.23 Å². The van der Waals surface area contributed by atoms with Crippen LogP contribution in [0, 0.1) is 0 Å². The van der Waals surface area contributed by atoms with Crippen molar-refractivity contribution in [3.05, 3.63) is 0 Å². The molecule has 0 aromatic rings. The zero-order valence-electron chi connectivity index (χ0n) is 22.6. The van der Waals surface area contributed by atoms with Gasteiger partial charge in [0.2, 0.25) is 11.3 Å². The SMILES string of the molecule is FC(F)(COCC(F)(F)C(F)(F)C(F)(F)C(F)(F)C1(F)CC(F)(F)C(F)(F)C1(F)Cl)C(F)(F)C(F)(F)C(F)(F)C1(F)CC(F)(F)C(F)(F)C1(F)Cl. The van der Waals surface area contributed by atoms with Gasteiger partial charge in [-0.25, -0.2) is 17.6 Å². The first-order valence-corrected chi connectivity index (χ1v) is 12.6. The molecule has 2 aliphatic carbocycles. The maximum absolute atomic E-state index is 14.5. The number of alkyl halides is 30. The van der Waals surface area contributed by atoms with Crippen molar-refractivity contribution in [1.82, 2.24) is 0 Å². The van der Waals surface area contributed by atoms with Crippen molar-refractivity contribution in [3.63, 3.8) is 0 Å². The highest BCUT2D eigenvalue weighted by Crippen LogP contribution is 2.72. The molecule has 0 spiro atoms. The van der Waals surface area contributed by atoms with Gasteiger partial charge in [0, 0.05) is 0 Å². The Hall–Kier alpha value is -1.42. The van der Waals surface area contributed by atoms with Crippen molar-refractivity contribution in [2.45, 2.75) is 106 Å². The molecular formula is C20H8Cl2F28O. The van der Waals surface area contributed by atoms with Gasteiger partial charge in [0.15, 0.2) is 0 Å². The maximum Gasteiger partial charge on any atom is 0.381 e. The highest BCUT2D eigenvalue weighted by atomic mass is 35.5. The molecule has 31 heteroatoms. The molecule has 0 heterocycles. The summed E-state index contributed by atoms with van der Waals surface area (Å²) in [4.78, 5) is 0. The van der Waals surface area contributed by atoms with Crippen LogP contribution >= 0.6 is 23.2 Å². The summed E-state index contributed by atoms with van der Waals surface area (Å²) in [5, 5.41) is -13.7. The van der Waals surface area contributed by atoms with E-state index in [0.717, 1.165) is 0 Å². The zero-order chi connectivity index (χ0) is 41.5. The summed E-state index contributed by atoms with van der Waals surface area (Å²) in [6.45, 7) is -8.57. The second kappa shape index (κ2) is 11.1. The van der Waals surface area contributed by atoms with E-state index in [1.807, 2.05) is 0 Å². The van der Waals surface area contributed by atoms with E-state index in [2.05, 4.69) is 27.9 Å². The van der Waals surface area contributed by atoms with Gasteiger partial charge in [-0.1, -0.05) is 23.2 Å².